The number of hydrogen-bond donors (Lipinski definition) is 6. The van der Waals surface area contributed by atoms with Crippen LogP contribution in [-0.2, 0) is 30.4 Å². The van der Waals surface area contributed by atoms with Gasteiger partial charge in [0.05, 0.1) is 12.5 Å². The van der Waals surface area contributed by atoms with E-state index in [-0.39, 0.29) is 12.3 Å². The maximum atomic E-state index is 12.7. The van der Waals surface area contributed by atoms with Crippen LogP contribution in [0.5, 0.6) is 0 Å². The Morgan fingerprint density at radius 1 is 0.939 bits per heavy atom. The van der Waals surface area contributed by atoms with Gasteiger partial charge in [-0.25, -0.2) is 4.79 Å². The van der Waals surface area contributed by atoms with Gasteiger partial charge in [-0.1, -0.05) is 50.6 Å². The molecular weight excluding hydrogens is 430 g/mol. The fraction of sp³-hybridized carbons (Fsp3) is 0.500. The molecule has 0 aromatic heterocycles. The molecule has 1 rings (SSSR count). The molecule has 0 heterocycles. The first-order valence-electron chi connectivity index (χ1n) is 10.7. The van der Waals surface area contributed by atoms with Crippen LogP contribution in [0.1, 0.15) is 39.2 Å². The number of amides is 4. The first-order chi connectivity index (χ1) is 15.5. The van der Waals surface area contributed by atoms with Gasteiger partial charge in [0.2, 0.25) is 23.6 Å². The normalized spacial score (nSPS) is 15.3. The van der Waals surface area contributed by atoms with Gasteiger partial charge in [-0.05, 0) is 24.8 Å². The summed E-state index contributed by atoms with van der Waals surface area (Å²) in [5.41, 5.74) is 11.8. The number of aliphatic carboxylic acids is 1. The predicted molar refractivity (Wildman–Crippen MR) is 120 cm³/mol. The zero-order chi connectivity index (χ0) is 25.1. The molecule has 182 valence electrons. The number of nitrogens with two attached hydrogens (primary N) is 2. The number of primary amides is 1. The second kappa shape index (κ2) is 13.2. The molecule has 5 unspecified atom stereocenters. The molecule has 0 aliphatic heterocycles. The van der Waals surface area contributed by atoms with Gasteiger partial charge < -0.3 is 32.5 Å². The van der Waals surface area contributed by atoms with E-state index in [1.54, 1.807) is 13.8 Å². The molecule has 8 N–H and O–H groups in total. The highest BCUT2D eigenvalue weighted by Gasteiger charge is 2.32. The van der Waals surface area contributed by atoms with Crippen LogP contribution in [-0.4, -0.2) is 58.9 Å². The molecule has 0 saturated heterocycles. The highest BCUT2D eigenvalue weighted by Crippen LogP contribution is 2.10. The summed E-state index contributed by atoms with van der Waals surface area (Å²) in [5.74, 6) is -4.62. The Bertz CT molecular complexity index is 847. The second-order valence-corrected chi connectivity index (χ2v) is 7.97. The number of carbonyl (C=O) groups is 5. The van der Waals surface area contributed by atoms with E-state index >= 15 is 0 Å². The molecule has 0 saturated carbocycles. The molecular formula is C22H33N5O6. The van der Waals surface area contributed by atoms with E-state index in [0.29, 0.717) is 6.42 Å². The Balaban J connectivity index is 2.78. The predicted octanol–water partition coefficient (Wildman–Crippen LogP) is -0.963. The minimum absolute atomic E-state index is 0.287. The van der Waals surface area contributed by atoms with Crippen LogP contribution in [0.3, 0.4) is 0 Å². The van der Waals surface area contributed by atoms with Crippen molar-refractivity contribution < 1.29 is 29.1 Å². The highest BCUT2D eigenvalue weighted by atomic mass is 16.4. The van der Waals surface area contributed by atoms with Crippen molar-refractivity contribution >= 4 is 29.6 Å². The Morgan fingerprint density at radius 3 is 2.06 bits per heavy atom. The van der Waals surface area contributed by atoms with Crippen LogP contribution < -0.4 is 27.4 Å². The Kier molecular flexibility index (Phi) is 11.0. The van der Waals surface area contributed by atoms with Crippen molar-refractivity contribution in [3.63, 3.8) is 0 Å². The van der Waals surface area contributed by atoms with Crippen molar-refractivity contribution in [2.24, 2.45) is 17.4 Å². The quantitative estimate of drug-likeness (QED) is 0.217. The van der Waals surface area contributed by atoms with Crippen LogP contribution in [0.4, 0.5) is 0 Å². The van der Waals surface area contributed by atoms with Crippen molar-refractivity contribution in [1.82, 2.24) is 16.0 Å². The van der Waals surface area contributed by atoms with E-state index in [4.69, 9.17) is 11.5 Å². The topological polar surface area (TPSA) is 194 Å². The molecule has 0 aliphatic rings. The summed E-state index contributed by atoms with van der Waals surface area (Å²) in [4.78, 5) is 60.1. The van der Waals surface area contributed by atoms with Gasteiger partial charge >= 0.3 is 5.97 Å². The number of rotatable bonds is 13. The van der Waals surface area contributed by atoms with Crippen molar-refractivity contribution in [2.75, 3.05) is 0 Å². The van der Waals surface area contributed by atoms with E-state index in [0.717, 1.165) is 5.56 Å². The summed E-state index contributed by atoms with van der Waals surface area (Å²) < 4.78 is 0. The Morgan fingerprint density at radius 2 is 1.55 bits per heavy atom. The Labute approximate surface area is 192 Å². The van der Waals surface area contributed by atoms with E-state index < -0.39 is 60.2 Å². The molecule has 1 aromatic rings. The van der Waals surface area contributed by atoms with Crippen LogP contribution >= 0.6 is 0 Å². The van der Waals surface area contributed by atoms with E-state index in [9.17, 15) is 29.1 Å². The summed E-state index contributed by atoms with van der Waals surface area (Å²) in [7, 11) is 0. The van der Waals surface area contributed by atoms with Crippen molar-refractivity contribution in [2.45, 2.75) is 64.2 Å². The lowest BCUT2D eigenvalue weighted by atomic mass is 9.97. The number of hydrogen-bond acceptors (Lipinski definition) is 6. The minimum Gasteiger partial charge on any atom is -0.480 e. The lowest BCUT2D eigenvalue weighted by molar-refractivity contribution is -0.144. The third-order valence-electron chi connectivity index (χ3n) is 5.20. The largest absolute Gasteiger partial charge is 0.480 e. The SMILES string of the molecule is CCC(C)C(NC(=O)C(C)NC(=O)C(N)Cc1ccccc1)C(=O)NC(CC(N)=O)C(=O)O. The fourth-order valence-electron chi connectivity index (χ4n) is 2.99. The minimum atomic E-state index is -1.52. The smallest absolute Gasteiger partial charge is 0.326 e. The monoisotopic (exact) mass is 463 g/mol. The molecule has 33 heavy (non-hydrogen) atoms. The van der Waals surface area contributed by atoms with E-state index in [1.165, 1.54) is 6.92 Å². The molecule has 1 aromatic carbocycles. The van der Waals surface area contributed by atoms with Gasteiger partial charge in [0.25, 0.3) is 0 Å². The van der Waals surface area contributed by atoms with Crippen LogP contribution in [0.25, 0.3) is 0 Å². The molecule has 0 aliphatic carbocycles. The number of nitrogens with one attached hydrogen (secondary N) is 3. The molecule has 0 spiro atoms. The van der Waals surface area contributed by atoms with Gasteiger partial charge in [-0.3, -0.25) is 19.2 Å². The summed E-state index contributed by atoms with van der Waals surface area (Å²) in [5, 5.41) is 16.5. The van der Waals surface area contributed by atoms with Crippen LogP contribution in [0.2, 0.25) is 0 Å². The van der Waals surface area contributed by atoms with Gasteiger partial charge in [0.15, 0.2) is 0 Å². The number of carbonyl (C=O) groups excluding carboxylic acids is 4. The molecule has 4 amide bonds. The maximum absolute atomic E-state index is 12.7. The number of carboxylic acid groups (broad SMARTS) is 1. The summed E-state index contributed by atoms with van der Waals surface area (Å²) in [6.45, 7) is 4.94. The highest BCUT2D eigenvalue weighted by molar-refractivity contribution is 5.94. The van der Waals surface area contributed by atoms with Crippen LogP contribution in [0.15, 0.2) is 30.3 Å². The zero-order valence-electron chi connectivity index (χ0n) is 19.0. The molecule has 0 fully saturated rings. The third-order valence-corrected chi connectivity index (χ3v) is 5.20. The zero-order valence-corrected chi connectivity index (χ0v) is 19.0. The summed E-state index contributed by atoms with van der Waals surface area (Å²) >= 11 is 0. The summed E-state index contributed by atoms with van der Waals surface area (Å²) in [6.07, 6.45) is 0.192. The standard InChI is InChI=1S/C22H33N5O6/c1-4-12(2)18(21(31)26-16(22(32)33)11-17(24)28)27-19(29)13(3)25-20(30)15(23)10-14-8-6-5-7-9-14/h5-9,12-13,15-16,18H,4,10-11,23H2,1-3H3,(H2,24,28)(H,25,30)(H,26,31)(H,27,29)(H,32,33). The second-order valence-electron chi connectivity index (χ2n) is 7.97. The molecule has 11 heteroatoms. The van der Waals surface area contributed by atoms with Gasteiger partial charge in [-0.2, -0.15) is 0 Å². The van der Waals surface area contributed by atoms with Gasteiger partial charge in [-0.15, -0.1) is 0 Å². The van der Waals surface area contributed by atoms with Crippen LogP contribution in [0, 0.1) is 5.92 Å². The van der Waals surface area contributed by atoms with E-state index in [2.05, 4.69) is 16.0 Å². The fourth-order valence-corrected chi connectivity index (χ4v) is 2.99. The number of carboxylic acids is 1. The lowest BCUT2D eigenvalue weighted by Gasteiger charge is -2.27. The molecule has 0 radical (unpaired) electrons. The molecule has 0 bridgehead atoms. The van der Waals surface area contributed by atoms with Gasteiger partial charge in [0, 0.05) is 0 Å². The number of benzene rings is 1. The van der Waals surface area contributed by atoms with Crippen molar-refractivity contribution in [3.05, 3.63) is 35.9 Å². The molecule has 5 atom stereocenters. The Hall–Kier alpha value is -3.47. The van der Waals surface area contributed by atoms with Crippen molar-refractivity contribution in [3.8, 4) is 0 Å². The van der Waals surface area contributed by atoms with E-state index in [1.807, 2.05) is 30.3 Å². The summed E-state index contributed by atoms with van der Waals surface area (Å²) in [6, 6.07) is 4.69. The average molecular weight is 464 g/mol. The first-order valence-corrected chi connectivity index (χ1v) is 10.7. The first kappa shape index (κ1) is 27.6. The lowest BCUT2D eigenvalue weighted by Crippen LogP contribution is -2.58. The third kappa shape index (κ3) is 9.27. The molecule has 11 nitrogen and oxygen atoms in total. The van der Waals surface area contributed by atoms with Gasteiger partial charge in [0.1, 0.15) is 18.1 Å². The maximum Gasteiger partial charge on any atom is 0.326 e. The van der Waals surface area contributed by atoms with Crippen molar-refractivity contribution in [1.29, 1.82) is 0 Å². The average Bonchev–Trinajstić information content (AvgIpc) is 2.76.